The van der Waals surface area contributed by atoms with Gasteiger partial charge in [0.05, 0.1) is 16.5 Å². The number of benzene rings is 1. The van der Waals surface area contributed by atoms with E-state index in [0.717, 1.165) is 4.47 Å². The van der Waals surface area contributed by atoms with E-state index in [2.05, 4.69) is 20.7 Å². The molecule has 16 heavy (non-hydrogen) atoms. The molecule has 1 aromatic rings. The molecule has 0 saturated heterocycles. The van der Waals surface area contributed by atoms with Crippen LogP contribution in [-0.4, -0.2) is 13.7 Å². The maximum absolute atomic E-state index is 11.7. The molecule has 0 aromatic heterocycles. The quantitative estimate of drug-likeness (QED) is 0.930. The number of hydrogen-bond acceptors (Lipinski definition) is 3. The van der Waals surface area contributed by atoms with Gasteiger partial charge in [-0.1, -0.05) is 15.9 Å². The third kappa shape index (κ3) is 2.36. The normalized spacial score (nSPS) is 15.5. The first-order chi connectivity index (χ1) is 7.53. The summed E-state index contributed by atoms with van der Waals surface area (Å²) in [6, 6.07) is 6.84. The number of sulfonamides is 1. The largest absolute Gasteiger partial charge is 0.282 e. The van der Waals surface area contributed by atoms with Gasteiger partial charge in [-0.3, -0.25) is 4.72 Å². The molecule has 2 rings (SSSR count). The minimum Gasteiger partial charge on any atom is -0.282 e. The Labute approximate surface area is 102 Å². The summed E-state index contributed by atoms with van der Waals surface area (Å²) in [6.07, 6.45) is 1.40. The lowest BCUT2D eigenvalue weighted by molar-refractivity contribution is 0.600. The molecule has 1 aliphatic carbocycles. The fourth-order valence-electron chi connectivity index (χ4n) is 1.31. The SMILES string of the molecule is N#Cc1cc(Br)ccc1NS(=O)(=O)C1CC1. The second-order valence-corrected chi connectivity index (χ2v) is 6.52. The van der Waals surface area contributed by atoms with Crippen LogP contribution in [0.3, 0.4) is 0 Å². The average Bonchev–Trinajstić information content (AvgIpc) is 3.04. The monoisotopic (exact) mass is 300 g/mol. The van der Waals surface area contributed by atoms with Crippen LogP contribution in [0, 0.1) is 11.3 Å². The first kappa shape index (κ1) is 11.4. The van der Waals surface area contributed by atoms with Crippen molar-refractivity contribution in [2.24, 2.45) is 0 Å². The minimum atomic E-state index is -3.30. The highest BCUT2D eigenvalue weighted by molar-refractivity contribution is 9.10. The predicted octanol–water partition coefficient (Wildman–Crippen LogP) is 2.22. The Morgan fingerprint density at radius 2 is 2.12 bits per heavy atom. The Morgan fingerprint density at radius 1 is 1.44 bits per heavy atom. The van der Waals surface area contributed by atoms with Gasteiger partial charge in [0.1, 0.15) is 6.07 Å². The molecule has 1 saturated carbocycles. The fourth-order valence-corrected chi connectivity index (χ4v) is 3.08. The molecule has 1 N–H and O–H groups in total. The van der Waals surface area contributed by atoms with Gasteiger partial charge in [-0.05, 0) is 31.0 Å². The Morgan fingerprint density at radius 3 is 2.69 bits per heavy atom. The summed E-state index contributed by atoms with van der Waals surface area (Å²) in [5.41, 5.74) is 0.663. The van der Waals surface area contributed by atoms with Crippen molar-refractivity contribution in [3.63, 3.8) is 0 Å². The van der Waals surface area contributed by atoms with Gasteiger partial charge in [-0.25, -0.2) is 8.42 Å². The average molecular weight is 301 g/mol. The standard InChI is InChI=1S/C10H9BrN2O2S/c11-8-1-4-10(7(5-8)6-12)13-16(14,15)9-2-3-9/h1,4-5,9,13H,2-3H2. The summed E-state index contributed by atoms with van der Waals surface area (Å²) >= 11 is 3.23. The zero-order chi connectivity index (χ0) is 11.8. The van der Waals surface area contributed by atoms with Gasteiger partial charge >= 0.3 is 0 Å². The van der Waals surface area contributed by atoms with E-state index in [-0.39, 0.29) is 5.25 Å². The van der Waals surface area contributed by atoms with Crippen molar-refractivity contribution in [3.05, 3.63) is 28.2 Å². The number of hydrogen-bond donors (Lipinski definition) is 1. The lowest BCUT2D eigenvalue weighted by atomic mass is 10.2. The maximum atomic E-state index is 11.7. The third-order valence-electron chi connectivity index (χ3n) is 2.32. The van der Waals surface area contributed by atoms with Crippen molar-refractivity contribution < 1.29 is 8.42 Å². The Balaban J connectivity index is 2.31. The topological polar surface area (TPSA) is 70.0 Å². The van der Waals surface area contributed by atoms with E-state index in [1.54, 1.807) is 18.2 Å². The molecule has 4 nitrogen and oxygen atoms in total. The predicted molar refractivity (Wildman–Crippen MR) is 64.4 cm³/mol. The molecule has 0 unspecified atom stereocenters. The van der Waals surface area contributed by atoms with E-state index in [0.29, 0.717) is 24.1 Å². The van der Waals surface area contributed by atoms with Gasteiger partial charge in [0.25, 0.3) is 0 Å². The van der Waals surface area contributed by atoms with Crippen LogP contribution in [0.2, 0.25) is 0 Å². The second kappa shape index (κ2) is 4.07. The molecule has 0 spiro atoms. The van der Waals surface area contributed by atoms with Crippen LogP contribution in [0.4, 0.5) is 5.69 Å². The molecular weight excluding hydrogens is 292 g/mol. The summed E-state index contributed by atoms with van der Waals surface area (Å²) in [5.74, 6) is 0. The van der Waals surface area contributed by atoms with Crippen LogP contribution in [0.25, 0.3) is 0 Å². The van der Waals surface area contributed by atoms with Gasteiger partial charge in [-0.15, -0.1) is 0 Å². The maximum Gasteiger partial charge on any atom is 0.235 e. The summed E-state index contributed by atoms with van der Waals surface area (Å²) in [5, 5.41) is 8.60. The lowest BCUT2D eigenvalue weighted by Gasteiger charge is -2.08. The number of rotatable bonds is 3. The summed E-state index contributed by atoms with van der Waals surface area (Å²) in [7, 11) is -3.30. The van der Waals surface area contributed by atoms with Gasteiger partial charge in [0, 0.05) is 4.47 Å². The highest BCUT2D eigenvalue weighted by Gasteiger charge is 2.36. The molecule has 0 bridgehead atoms. The number of anilines is 1. The van der Waals surface area contributed by atoms with E-state index in [1.807, 2.05) is 6.07 Å². The van der Waals surface area contributed by atoms with Crippen molar-refractivity contribution >= 4 is 31.6 Å². The Kier molecular flexibility index (Phi) is 2.91. The zero-order valence-corrected chi connectivity index (χ0v) is 10.7. The second-order valence-electron chi connectivity index (χ2n) is 3.65. The smallest absolute Gasteiger partial charge is 0.235 e. The zero-order valence-electron chi connectivity index (χ0n) is 8.27. The molecular formula is C10H9BrN2O2S. The molecule has 84 valence electrons. The van der Waals surface area contributed by atoms with Crippen molar-refractivity contribution in [3.8, 4) is 6.07 Å². The van der Waals surface area contributed by atoms with Crippen molar-refractivity contribution in [1.29, 1.82) is 5.26 Å². The van der Waals surface area contributed by atoms with E-state index in [9.17, 15) is 8.42 Å². The third-order valence-corrected chi connectivity index (χ3v) is 4.66. The fraction of sp³-hybridized carbons (Fsp3) is 0.300. The molecule has 0 heterocycles. The molecule has 6 heteroatoms. The van der Waals surface area contributed by atoms with Crippen LogP contribution in [0.1, 0.15) is 18.4 Å². The van der Waals surface area contributed by atoms with Crippen molar-refractivity contribution in [2.45, 2.75) is 18.1 Å². The van der Waals surface area contributed by atoms with E-state index >= 15 is 0 Å². The number of nitrogens with zero attached hydrogens (tertiary/aromatic N) is 1. The lowest BCUT2D eigenvalue weighted by Crippen LogP contribution is -2.18. The van der Waals surface area contributed by atoms with E-state index in [1.165, 1.54) is 0 Å². The van der Waals surface area contributed by atoms with Crippen LogP contribution in [0.5, 0.6) is 0 Å². The molecule has 1 aliphatic rings. The van der Waals surface area contributed by atoms with Crippen LogP contribution in [0.15, 0.2) is 22.7 Å². The van der Waals surface area contributed by atoms with Gasteiger partial charge in [0.2, 0.25) is 10.0 Å². The Hall–Kier alpha value is -1.06. The van der Waals surface area contributed by atoms with Crippen LogP contribution >= 0.6 is 15.9 Å². The number of nitrogens with one attached hydrogen (secondary N) is 1. The summed E-state index contributed by atoms with van der Waals surface area (Å²) < 4.78 is 26.6. The van der Waals surface area contributed by atoms with Gasteiger partial charge in [-0.2, -0.15) is 5.26 Å². The van der Waals surface area contributed by atoms with Gasteiger partial charge < -0.3 is 0 Å². The highest BCUT2D eigenvalue weighted by Crippen LogP contribution is 2.31. The Bertz CT molecular complexity index is 559. The first-order valence-electron chi connectivity index (χ1n) is 4.74. The summed E-state index contributed by atoms with van der Waals surface area (Å²) in [6.45, 7) is 0. The van der Waals surface area contributed by atoms with Crippen LogP contribution in [-0.2, 0) is 10.0 Å². The highest BCUT2D eigenvalue weighted by atomic mass is 79.9. The van der Waals surface area contributed by atoms with E-state index in [4.69, 9.17) is 5.26 Å². The van der Waals surface area contributed by atoms with Crippen molar-refractivity contribution in [1.82, 2.24) is 0 Å². The molecule has 0 amide bonds. The van der Waals surface area contributed by atoms with Crippen molar-refractivity contribution in [2.75, 3.05) is 4.72 Å². The molecule has 1 aromatic carbocycles. The molecule has 0 atom stereocenters. The van der Waals surface area contributed by atoms with Crippen LogP contribution < -0.4 is 4.72 Å². The number of halogens is 1. The minimum absolute atomic E-state index is 0.289. The molecule has 0 aliphatic heterocycles. The molecule has 1 fully saturated rings. The number of nitriles is 1. The van der Waals surface area contributed by atoms with E-state index < -0.39 is 10.0 Å². The summed E-state index contributed by atoms with van der Waals surface area (Å²) in [4.78, 5) is 0. The van der Waals surface area contributed by atoms with Gasteiger partial charge in [0.15, 0.2) is 0 Å². The first-order valence-corrected chi connectivity index (χ1v) is 7.08. The molecule has 0 radical (unpaired) electrons.